The number of hydrogen-bond acceptors (Lipinski definition) is 6. The maximum Gasteiger partial charge on any atom is 0.330 e. The summed E-state index contributed by atoms with van der Waals surface area (Å²) in [4.78, 5) is 18.2. The van der Waals surface area contributed by atoms with Crippen LogP contribution in [0.2, 0.25) is 4.34 Å². The molecule has 1 N–H and O–H groups in total. The molecule has 0 amide bonds. The summed E-state index contributed by atoms with van der Waals surface area (Å²) in [7, 11) is 1.37. The van der Waals surface area contributed by atoms with Gasteiger partial charge in [0, 0.05) is 13.1 Å². The summed E-state index contributed by atoms with van der Waals surface area (Å²) in [5.41, 5.74) is 0. The van der Waals surface area contributed by atoms with Gasteiger partial charge in [-0.1, -0.05) is 25.4 Å². The van der Waals surface area contributed by atoms with Crippen LogP contribution in [-0.4, -0.2) is 49.1 Å². The van der Waals surface area contributed by atoms with Gasteiger partial charge >= 0.3 is 5.97 Å². The molecule has 1 aromatic rings. The molecule has 7 heteroatoms. The molecule has 1 unspecified atom stereocenters. The lowest BCUT2D eigenvalue weighted by Gasteiger charge is -2.20. The molecule has 0 fully saturated rings. The molecule has 0 saturated heterocycles. The van der Waals surface area contributed by atoms with Gasteiger partial charge in [0.05, 0.1) is 13.3 Å². The van der Waals surface area contributed by atoms with E-state index < -0.39 is 6.04 Å². The highest BCUT2D eigenvalue weighted by Gasteiger charge is 2.24. The lowest BCUT2D eigenvalue weighted by molar-refractivity contribution is -0.143. The fraction of sp³-hybridized carbons (Fsp3) is 0.667. The first kappa shape index (κ1) is 16.4. The van der Waals surface area contributed by atoms with Crippen molar-refractivity contribution in [1.29, 1.82) is 0 Å². The Kier molecular flexibility index (Phi) is 7.30. The molecule has 0 aliphatic heterocycles. The van der Waals surface area contributed by atoms with Gasteiger partial charge in [-0.2, -0.15) is 0 Å². The van der Waals surface area contributed by atoms with Gasteiger partial charge in [0.25, 0.3) is 0 Å². The number of nitrogens with zero attached hydrogens (tertiary/aromatic N) is 2. The summed E-state index contributed by atoms with van der Waals surface area (Å²) in [6.07, 6.45) is 1.55. The van der Waals surface area contributed by atoms with Crippen LogP contribution in [0.3, 0.4) is 0 Å². The highest BCUT2D eigenvalue weighted by Crippen LogP contribution is 2.24. The Bertz CT molecular complexity index is 396. The molecule has 1 heterocycles. The standard InChI is InChI=1S/C12H20ClN3O2S/c1-4-16(5-2)7-6-14-10(12(17)18-3)11-15-8-9(13)19-11/h8,10,14H,4-7H2,1-3H3. The van der Waals surface area contributed by atoms with Crippen LogP contribution in [0, 0.1) is 0 Å². The molecule has 1 aromatic heterocycles. The molecule has 5 nitrogen and oxygen atoms in total. The number of methoxy groups -OCH3 is 1. The van der Waals surface area contributed by atoms with Gasteiger partial charge in [0.15, 0.2) is 6.04 Å². The predicted octanol–water partition coefficient (Wildman–Crippen LogP) is 1.94. The minimum atomic E-state index is -0.543. The Morgan fingerprint density at radius 2 is 2.26 bits per heavy atom. The van der Waals surface area contributed by atoms with Crippen LogP contribution in [0.25, 0.3) is 0 Å². The van der Waals surface area contributed by atoms with Crippen LogP contribution in [0.1, 0.15) is 24.9 Å². The average molecular weight is 306 g/mol. The molecular weight excluding hydrogens is 286 g/mol. The van der Waals surface area contributed by atoms with E-state index in [-0.39, 0.29) is 5.97 Å². The number of rotatable bonds is 8. The van der Waals surface area contributed by atoms with Gasteiger partial charge < -0.3 is 9.64 Å². The molecule has 1 rings (SSSR count). The maximum absolute atomic E-state index is 11.8. The zero-order valence-corrected chi connectivity index (χ0v) is 13.1. The van der Waals surface area contributed by atoms with E-state index in [1.54, 1.807) is 6.20 Å². The number of carbonyl (C=O) groups excluding carboxylic acids is 1. The van der Waals surface area contributed by atoms with Crippen molar-refractivity contribution in [2.24, 2.45) is 0 Å². The number of aromatic nitrogens is 1. The van der Waals surface area contributed by atoms with Crippen LogP contribution in [0.4, 0.5) is 0 Å². The second-order valence-corrected chi connectivity index (χ2v) is 5.63. The SMILES string of the molecule is CCN(CC)CCNC(C(=O)OC)c1ncc(Cl)s1. The largest absolute Gasteiger partial charge is 0.468 e. The highest BCUT2D eigenvalue weighted by molar-refractivity contribution is 7.16. The summed E-state index contributed by atoms with van der Waals surface area (Å²) in [5.74, 6) is -0.342. The van der Waals surface area contributed by atoms with Gasteiger partial charge in [0.2, 0.25) is 0 Å². The summed E-state index contributed by atoms with van der Waals surface area (Å²) in [5, 5.41) is 3.81. The maximum atomic E-state index is 11.8. The Balaban J connectivity index is 2.59. The topological polar surface area (TPSA) is 54.5 Å². The number of ether oxygens (including phenoxy) is 1. The Labute approximate surface area is 122 Å². The summed E-state index contributed by atoms with van der Waals surface area (Å²) < 4.78 is 5.36. The lowest BCUT2D eigenvalue weighted by Crippen LogP contribution is -2.36. The normalized spacial score (nSPS) is 12.7. The van der Waals surface area contributed by atoms with Crippen molar-refractivity contribution in [3.63, 3.8) is 0 Å². The molecule has 0 saturated carbocycles. The van der Waals surface area contributed by atoms with E-state index in [0.717, 1.165) is 19.6 Å². The monoisotopic (exact) mass is 305 g/mol. The third-order valence-corrected chi connectivity index (χ3v) is 4.03. The van der Waals surface area contributed by atoms with Crippen LogP contribution in [0.15, 0.2) is 6.20 Å². The van der Waals surface area contributed by atoms with Crippen molar-refractivity contribution in [1.82, 2.24) is 15.2 Å². The van der Waals surface area contributed by atoms with Crippen molar-refractivity contribution in [3.05, 3.63) is 15.5 Å². The Hall–Kier alpha value is -0.690. The first-order valence-electron chi connectivity index (χ1n) is 6.27. The third kappa shape index (κ3) is 5.06. The molecule has 0 aromatic carbocycles. The number of likely N-dealkylation sites (N-methyl/N-ethyl adjacent to an activating group) is 1. The fourth-order valence-electron chi connectivity index (χ4n) is 1.70. The smallest absolute Gasteiger partial charge is 0.330 e. The van der Waals surface area contributed by atoms with E-state index >= 15 is 0 Å². The van der Waals surface area contributed by atoms with Gasteiger partial charge in [-0.3, -0.25) is 5.32 Å². The van der Waals surface area contributed by atoms with Crippen molar-refractivity contribution >= 4 is 28.9 Å². The summed E-state index contributed by atoms with van der Waals surface area (Å²) in [6, 6.07) is -0.543. The first-order chi connectivity index (χ1) is 9.12. The third-order valence-electron chi connectivity index (χ3n) is 2.85. The minimum Gasteiger partial charge on any atom is -0.468 e. The van der Waals surface area contributed by atoms with Crippen molar-refractivity contribution in [3.8, 4) is 0 Å². The van der Waals surface area contributed by atoms with Gasteiger partial charge in [0.1, 0.15) is 9.34 Å². The molecule has 108 valence electrons. The summed E-state index contributed by atoms with van der Waals surface area (Å²) >= 11 is 7.14. The van der Waals surface area contributed by atoms with Gasteiger partial charge in [-0.05, 0) is 13.1 Å². The van der Waals surface area contributed by atoms with E-state index in [1.165, 1.54) is 18.4 Å². The number of thiazole rings is 1. The van der Waals surface area contributed by atoms with Crippen LogP contribution in [0.5, 0.6) is 0 Å². The van der Waals surface area contributed by atoms with E-state index in [9.17, 15) is 4.79 Å². The second-order valence-electron chi connectivity index (χ2n) is 3.94. The molecule has 0 radical (unpaired) electrons. The molecule has 0 bridgehead atoms. The van der Waals surface area contributed by atoms with E-state index in [4.69, 9.17) is 16.3 Å². The van der Waals surface area contributed by atoms with Gasteiger partial charge in [-0.15, -0.1) is 11.3 Å². The van der Waals surface area contributed by atoms with Crippen LogP contribution < -0.4 is 5.32 Å². The van der Waals surface area contributed by atoms with E-state index in [1.807, 2.05) is 0 Å². The Morgan fingerprint density at radius 3 is 2.74 bits per heavy atom. The molecule has 0 spiro atoms. The Morgan fingerprint density at radius 1 is 1.58 bits per heavy atom. The molecule has 1 atom stereocenters. The fourth-order valence-corrected chi connectivity index (χ4v) is 2.69. The van der Waals surface area contributed by atoms with Crippen LogP contribution in [-0.2, 0) is 9.53 Å². The van der Waals surface area contributed by atoms with E-state index in [0.29, 0.717) is 15.9 Å². The lowest BCUT2D eigenvalue weighted by atomic mass is 10.3. The average Bonchev–Trinajstić information content (AvgIpc) is 2.84. The second kappa shape index (κ2) is 8.47. The zero-order chi connectivity index (χ0) is 14.3. The zero-order valence-electron chi connectivity index (χ0n) is 11.5. The van der Waals surface area contributed by atoms with Crippen molar-refractivity contribution in [2.75, 3.05) is 33.3 Å². The molecule has 19 heavy (non-hydrogen) atoms. The quantitative estimate of drug-likeness (QED) is 0.744. The number of nitrogens with one attached hydrogen (secondary N) is 1. The minimum absolute atomic E-state index is 0.342. The van der Waals surface area contributed by atoms with Crippen molar-refractivity contribution < 1.29 is 9.53 Å². The number of carbonyl (C=O) groups is 1. The highest BCUT2D eigenvalue weighted by atomic mass is 35.5. The number of esters is 1. The van der Waals surface area contributed by atoms with Crippen LogP contribution >= 0.6 is 22.9 Å². The number of halogens is 1. The predicted molar refractivity (Wildman–Crippen MR) is 77.7 cm³/mol. The van der Waals surface area contributed by atoms with Crippen molar-refractivity contribution in [2.45, 2.75) is 19.9 Å². The molecule has 0 aliphatic rings. The molecular formula is C12H20ClN3O2S. The van der Waals surface area contributed by atoms with Gasteiger partial charge in [-0.25, -0.2) is 9.78 Å². The molecule has 0 aliphatic carbocycles. The number of hydrogen-bond donors (Lipinski definition) is 1. The first-order valence-corrected chi connectivity index (χ1v) is 7.46. The van der Waals surface area contributed by atoms with E-state index in [2.05, 4.69) is 29.0 Å². The summed E-state index contributed by atoms with van der Waals surface area (Å²) in [6.45, 7) is 7.77.